The predicted octanol–water partition coefficient (Wildman–Crippen LogP) is 3.41. The molecule has 1 aliphatic heterocycles. The molecule has 4 rings (SSSR count). The van der Waals surface area contributed by atoms with Gasteiger partial charge < -0.3 is 29.5 Å². The SMILES string of the molecule is Cc1noc(C)c1S(=O)(=O)Nc1ccc2c(c1)CC(=O)N([C@H](C)CO)C[C@H](C)[C@H](CN(C)C(=O)Nc1ccccc1)O2. The van der Waals surface area contributed by atoms with Crippen LogP contribution in [0.4, 0.5) is 16.2 Å². The van der Waals surface area contributed by atoms with Gasteiger partial charge >= 0.3 is 6.03 Å². The second-order valence-electron chi connectivity index (χ2n) is 10.6. The van der Waals surface area contributed by atoms with E-state index in [1.54, 1.807) is 49.2 Å². The lowest BCUT2D eigenvalue weighted by atomic mass is 10.0. The molecule has 0 fully saturated rings. The molecule has 3 amide bonds. The van der Waals surface area contributed by atoms with Crippen molar-refractivity contribution in [1.82, 2.24) is 15.0 Å². The number of aromatic nitrogens is 1. The number of aliphatic hydroxyl groups is 1. The van der Waals surface area contributed by atoms with Gasteiger partial charge in [0.1, 0.15) is 17.5 Å². The van der Waals surface area contributed by atoms with Gasteiger partial charge in [0.2, 0.25) is 5.91 Å². The van der Waals surface area contributed by atoms with Crippen LogP contribution in [0.15, 0.2) is 57.9 Å². The van der Waals surface area contributed by atoms with E-state index in [1.807, 2.05) is 25.1 Å². The summed E-state index contributed by atoms with van der Waals surface area (Å²) >= 11 is 0. The molecule has 0 radical (unpaired) electrons. The number of benzene rings is 2. The van der Waals surface area contributed by atoms with E-state index in [0.717, 1.165) is 0 Å². The smallest absolute Gasteiger partial charge is 0.321 e. The number of amides is 3. The summed E-state index contributed by atoms with van der Waals surface area (Å²) in [5.74, 6) is 0.0939. The zero-order valence-electron chi connectivity index (χ0n) is 24.3. The maximum absolute atomic E-state index is 13.5. The van der Waals surface area contributed by atoms with Gasteiger partial charge in [0.05, 0.1) is 25.6 Å². The molecule has 0 unspecified atom stereocenters. The molecule has 3 N–H and O–H groups in total. The highest BCUT2D eigenvalue weighted by Crippen LogP contribution is 2.31. The Labute approximate surface area is 245 Å². The maximum atomic E-state index is 13.5. The third kappa shape index (κ3) is 7.02. The Hall–Kier alpha value is -4.10. The first-order chi connectivity index (χ1) is 19.9. The number of aryl methyl sites for hydroxylation is 2. The number of anilines is 2. The molecule has 0 bridgehead atoms. The van der Waals surface area contributed by atoms with Crippen LogP contribution in [0.2, 0.25) is 0 Å². The van der Waals surface area contributed by atoms with Crippen molar-refractivity contribution in [3.63, 3.8) is 0 Å². The van der Waals surface area contributed by atoms with Crippen molar-refractivity contribution < 1.29 is 32.4 Å². The van der Waals surface area contributed by atoms with Crippen molar-refractivity contribution in [3.05, 3.63) is 65.5 Å². The first-order valence-electron chi connectivity index (χ1n) is 13.6. The number of fused-ring (bicyclic) bond motifs is 1. The lowest BCUT2D eigenvalue weighted by Crippen LogP contribution is -2.48. The molecule has 42 heavy (non-hydrogen) atoms. The lowest BCUT2D eigenvalue weighted by molar-refractivity contribution is -0.134. The quantitative estimate of drug-likeness (QED) is 0.356. The van der Waals surface area contributed by atoms with Crippen molar-refractivity contribution in [2.45, 2.75) is 51.2 Å². The normalized spacial score (nSPS) is 18.1. The second-order valence-corrected chi connectivity index (χ2v) is 12.3. The monoisotopic (exact) mass is 599 g/mol. The second kappa shape index (κ2) is 12.8. The zero-order chi connectivity index (χ0) is 30.6. The molecule has 1 aromatic heterocycles. The zero-order valence-corrected chi connectivity index (χ0v) is 25.1. The van der Waals surface area contributed by atoms with E-state index in [2.05, 4.69) is 15.2 Å². The first-order valence-corrected chi connectivity index (χ1v) is 15.1. The number of nitrogens with one attached hydrogen (secondary N) is 2. The number of hydrogen-bond acceptors (Lipinski definition) is 8. The van der Waals surface area contributed by atoms with Crippen molar-refractivity contribution in [2.24, 2.45) is 5.92 Å². The predicted molar refractivity (Wildman–Crippen MR) is 157 cm³/mol. The number of ether oxygens (including phenoxy) is 1. The van der Waals surface area contributed by atoms with Gasteiger partial charge in [-0.1, -0.05) is 30.3 Å². The third-order valence-electron chi connectivity index (χ3n) is 7.23. The minimum atomic E-state index is -4.02. The largest absolute Gasteiger partial charge is 0.488 e. The number of carbonyl (C=O) groups is 2. The Balaban J connectivity index is 1.63. The molecule has 2 aromatic carbocycles. The number of likely N-dealkylation sites (N-methyl/N-ethyl adjacent to an activating group) is 1. The van der Waals surface area contributed by atoms with Gasteiger partial charge in [-0.15, -0.1) is 0 Å². The molecule has 2 heterocycles. The van der Waals surface area contributed by atoms with Gasteiger partial charge in [0, 0.05) is 36.4 Å². The van der Waals surface area contributed by atoms with Crippen LogP contribution in [0, 0.1) is 19.8 Å². The Bertz CT molecular complexity index is 1510. The average molecular weight is 600 g/mol. The fourth-order valence-corrected chi connectivity index (χ4v) is 6.25. The fourth-order valence-electron chi connectivity index (χ4n) is 4.87. The number of urea groups is 1. The van der Waals surface area contributed by atoms with Crippen LogP contribution in [0.3, 0.4) is 0 Å². The molecule has 0 spiro atoms. The van der Waals surface area contributed by atoms with E-state index in [1.165, 1.54) is 18.7 Å². The van der Waals surface area contributed by atoms with Gasteiger partial charge in [-0.05, 0) is 51.1 Å². The Morgan fingerprint density at radius 2 is 1.90 bits per heavy atom. The number of para-hydroxylation sites is 1. The van der Waals surface area contributed by atoms with E-state index in [4.69, 9.17) is 9.26 Å². The number of carbonyl (C=O) groups excluding carboxylic acids is 2. The molecule has 3 atom stereocenters. The highest BCUT2D eigenvalue weighted by Gasteiger charge is 2.32. The van der Waals surface area contributed by atoms with Crippen LogP contribution in [0.1, 0.15) is 30.9 Å². The van der Waals surface area contributed by atoms with Crippen LogP contribution >= 0.6 is 0 Å². The van der Waals surface area contributed by atoms with E-state index in [-0.39, 0.29) is 59.5 Å². The van der Waals surface area contributed by atoms with E-state index in [9.17, 15) is 23.1 Å². The number of hydrogen-bond donors (Lipinski definition) is 3. The summed E-state index contributed by atoms with van der Waals surface area (Å²) in [6.45, 7) is 7.00. The van der Waals surface area contributed by atoms with Crippen molar-refractivity contribution in [2.75, 3.05) is 36.8 Å². The number of sulfonamides is 1. The topological polar surface area (TPSA) is 154 Å². The van der Waals surface area contributed by atoms with Crippen LogP contribution in [-0.4, -0.2) is 79.3 Å². The van der Waals surface area contributed by atoms with E-state index in [0.29, 0.717) is 23.5 Å². The van der Waals surface area contributed by atoms with Gasteiger partial charge in [0.15, 0.2) is 10.7 Å². The highest BCUT2D eigenvalue weighted by atomic mass is 32.2. The summed E-state index contributed by atoms with van der Waals surface area (Å²) in [5.41, 5.74) is 1.58. The number of nitrogens with zero attached hydrogens (tertiary/aromatic N) is 3. The number of rotatable bonds is 8. The lowest BCUT2D eigenvalue weighted by Gasteiger charge is -2.34. The summed E-state index contributed by atoms with van der Waals surface area (Å²) in [5, 5.41) is 16.5. The molecule has 1 aliphatic rings. The average Bonchev–Trinajstić information content (AvgIpc) is 3.31. The summed E-state index contributed by atoms with van der Waals surface area (Å²) in [6, 6.07) is 13.0. The fraction of sp³-hybridized carbons (Fsp3) is 0.414. The third-order valence-corrected chi connectivity index (χ3v) is 8.86. The van der Waals surface area contributed by atoms with Gasteiger partial charge in [-0.2, -0.15) is 0 Å². The molecule has 226 valence electrons. The van der Waals surface area contributed by atoms with E-state index < -0.39 is 22.2 Å². The summed E-state index contributed by atoms with van der Waals surface area (Å²) in [6.07, 6.45) is -0.607. The molecule has 0 aliphatic carbocycles. The highest BCUT2D eigenvalue weighted by molar-refractivity contribution is 7.92. The maximum Gasteiger partial charge on any atom is 0.321 e. The van der Waals surface area contributed by atoms with Crippen molar-refractivity contribution in [1.29, 1.82) is 0 Å². The molecule has 3 aromatic rings. The molecule has 0 saturated heterocycles. The Morgan fingerprint density at radius 3 is 2.55 bits per heavy atom. The molecular formula is C29H37N5O7S. The van der Waals surface area contributed by atoms with Crippen molar-refractivity contribution >= 4 is 33.3 Å². The van der Waals surface area contributed by atoms with Gasteiger partial charge in [-0.3, -0.25) is 9.52 Å². The van der Waals surface area contributed by atoms with E-state index >= 15 is 0 Å². The van der Waals surface area contributed by atoms with Crippen LogP contribution in [0.5, 0.6) is 5.75 Å². The van der Waals surface area contributed by atoms with Crippen molar-refractivity contribution in [3.8, 4) is 5.75 Å². The summed E-state index contributed by atoms with van der Waals surface area (Å²) in [7, 11) is -2.36. The Morgan fingerprint density at radius 1 is 1.19 bits per heavy atom. The summed E-state index contributed by atoms with van der Waals surface area (Å²) < 4.78 is 40.2. The first kappa shape index (κ1) is 30.8. The summed E-state index contributed by atoms with van der Waals surface area (Å²) in [4.78, 5) is 29.5. The Kier molecular flexibility index (Phi) is 9.42. The number of aliphatic hydroxyl groups excluding tert-OH is 1. The standard InChI is InChI=1S/C29H37N5O7S/c1-18-15-34(19(2)17-35)27(36)14-22-13-24(32-42(38,39)28-20(3)31-41-21(28)4)11-12-25(22)40-26(18)16-33(5)29(37)30-23-9-7-6-8-10-23/h6-13,18-19,26,32,35H,14-17H2,1-5H3,(H,30,37)/t18-,19+,26-/m0/s1. The minimum Gasteiger partial charge on any atom is -0.488 e. The van der Waals surface area contributed by atoms with Gasteiger partial charge in [0.25, 0.3) is 10.0 Å². The molecule has 13 heteroatoms. The van der Waals surface area contributed by atoms with Crippen LogP contribution < -0.4 is 14.8 Å². The van der Waals surface area contributed by atoms with Crippen LogP contribution in [-0.2, 0) is 21.2 Å². The molecule has 12 nitrogen and oxygen atoms in total. The molecule has 0 saturated carbocycles. The minimum absolute atomic E-state index is 0.0491. The van der Waals surface area contributed by atoms with Crippen LogP contribution in [0.25, 0.3) is 0 Å². The van der Waals surface area contributed by atoms with Gasteiger partial charge in [-0.25, -0.2) is 13.2 Å². The molecular weight excluding hydrogens is 562 g/mol.